The van der Waals surface area contributed by atoms with Crippen molar-refractivity contribution >= 4 is 23.2 Å². The van der Waals surface area contributed by atoms with Gasteiger partial charge in [0.05, 0.1) is 0 Å². The predicted octanol–water partition coefficient (Wildman–Crippen LogP) is 2.43. The van der Waals surface area contributed by atoms with Gasteiger partial charge in [-0.2, -0.15) is 0 Å². The van der Waals surface area contributed by atoms with E-state index in [4.69, 9.17) is 11.6 Å². The molecule has 3 heterocycles. The molecule has 0 unspecified atom stereocenters. The standard InChI is InChI=1S/C16H21ClN6/c1-4-13-15(17)20-12(3)21-16(13)23-9-7-22(8-10-23)14-5-6-18-11(2)19-14/h5-6H,4,7-10H2,1-3H3. The third-order valence-electron chi connectivity index (χ3n) is 4.06. The van der Waals surface area contributed by atoms with Crippen LogP contribution in [0.2, 0.25) is 5.15 Å². The molecule has 2 aromatic rings. The zero-order valence-electron chi connectivity index (χ0n) is 13.8. The zero-order valence-corrected chi connectivity index (χ0v) is 14.5. The van der Waals surface area contributed by atoms with Gasteiger partial charge >= 0.3 is 0 Å². The van der Waals surface area contributed by atoms with Crippen molar-refractivity contribution in [3.05, 3.63) is 34.6 Å². The summed E-state index contributed by atoms with van der Waals surface area (Å²) in [5.41, 5.74) is 1.03. The molecule has 2 aromatic heterocycles. The Kier molecular flexibility index (Phi) is 4.61. The van der Waals surface area contributed by atoms with E-state index in [-0.39, 0.29) is 0 Å². The molecule has 0 N–H and O–H groups in total. The first kappa shape index (κ1) is 15.9. The van der Waals surface area contributed by atoms with Crippen LogP contribution in [-0.4, -0.2) is 46.1 Å². The molecule has 0 amide bonds. The second-order valence-corrected chi connectivity index (χ2v) is 6.01. The van der Waals surface area contributed by atoms with Crippen molar-refractivity contribution in [1.29, 1.82) is 0 Å². The van der Waals surface area contributed by atoms with Crippen LogP contribution in [0, 0.1) is 13.8 Å². The van der Waals surface area contributed by atoms with Gasteiger partial charge in [0.25, 0.3) is 0 Å². The van der Waals surface area contributed by atoms with E-state index >= 15 is 0 Å². The van der Waals surface area contributed by atoms with Crippen LogP contribution in [-0.2, 0) is 6.42 Å². The summed E-state index contributed by atoms with van der Waals surface area (Å²) in [6.07, 6.45) is 2.65. The Hall–Kier alpha value is -1.95. The molecule has 0 bridgehead atoms. The average Bonchev–Trinajstić information content (AvgIpc) is 2.54. The summed E-state index contributed by atoms with van der Waals surface area (Å²) in [5.74, 6) is 3.49. The van der Waals surface area contributed by atoms with Crippen molar-refractivity contribution in [3.63, 3.8) is 0 Å². The molecule has 0 radical (unpaired) electrons. The number of nitrogens with zero attached hydrogens (tertiary/aromatic N) is 6. The lowest BCUT2D eigenvalue weighted by Gasteiger charge is -2.37. The summed E-state index contributed by atoms with van der Waals surface area (Å²) in [4.78, 5) is 22.1. The Bertz CT molecular complexity index is 697. The SMILES string of the molecule is CCc1c(Cl)nc(C)nc1N1CCN(c2ccnc(C)n2)CC1. The molecular formula is C16H21ClN6. The van der Waals surface area contributed by atoms with Crippen molar-refractivity contribution in [1.82, 2.24) is 19.9 Å². The molecule has 1 fully saturated rings. The molecule has 0 aromatic carbocycles. The molecule has 0 atom stereocenters. The van der Waals surface area contributed by atoms with E-state index in [9.17, 15) is 0 Å². The third-order valence-corrected chi connectivity index (χ3v) is 4.38. The summed E-state index contributed by atoms with van der Waals surface area (Å²) in [6.45, 7) is 9.48. The monoisotopic (exact) mass is 332 g/mol. The Morgan fingerprint density at radius 3 is 2.35 bits per heavy atom. The van der Waals surface area contributed by atoms with E-state index in [0.717, 1.165) is 61.4 Å². The van der Waals surface area contributed by atoms with E-state index < -0.39 is 0 Å². The van der Waals surface area contributed by atoms with Crippen LogP contribution in [0.4, 0.5) is 11.6 Å². The van der Waals surface area contributed by atoms with Crippen molar-refractivity contribution in [2.75, 3.05) is 36.0 Å². The number of hydrogen-bond donors (Lipinski definition) is 0. The molecule has 122 valence electrons. The van der Waals surface area contributed by atoms with Gasteiger partial charge in [0.2, 0.25) is 0 Å². The van der Waals surface area contributed by atoms with Gasteiger partial charge in [0, 0.05) is 37.9 Å². The van der Waals surface area contributed by atoms with Gasteiger partial charge < -0.3 is 9.80 Å². The second kappa shape index (κ2) is 6.66. The molecule has 0 aliphatic carbocycles. The fraction of sp³-hybridized carbons (Fsp3) is 0.500. The fourth-order valence-electron chi connectivity index (χ4n) is 2.88. The lowest BCUT2D eigenvalue weighted by Crippen LogP contribution is -2.47. The Balaban J connectivity index is 1.77. The average molecular weight is 333 g/mol. The zero-order chi connectivity index (χ0) is 16.4. The highest BCUT2D eigenvalue weighted by Gasteiger charge is 2.22. The van der Waals surface area contributed by atoms with Crippen LogP contribution >= 0.6 is 11.6 Å². The number of halogens is 1. The maximum absolute atomic E-state index is 6.29. The molecule has 3 rings (SSSR count). The minimum Gasteiger partial charge on any atom is -0.353 e. The van der Waals surface area contributed by atoms with Crippen LogP contribution in [0.3, 0.4) is 0 Å². The highest BCUT2D eigenvalue weighted by molar-refractivity contribution is 6.30. The van der Waals surface area contributed by atoms with E-state index in [1.807, 2.05) is 26.1 Å². The lowest BCUT2D eigenvalue weighted by atomic mass is 10.2. The van der Waals surface area contributed by atoms with Gasteiger partial charge in [-0.25, -0.2) is 19.9 Å². The van der Waals surface area contributed by atoms with Gasteiger partial charge in [-0.1, -0.05) is 18.5 Å². The summed E-state index contributed by atoms with van der Waals surface area (Å²) in [5, 5.41) is 0.573. The molecule has 6 nitrogen and oxygen atoms in total. The third kappa shape index (κ3) is 3.37. The Morgan fingerprint density at radius 1 is 1.00 bits per heavy atom. The summed E-state index contributed by atoms with van der Waals surface area (Å²) in [6, 6.07) is 1.96. The fourth-order valence-corrected chi connectivity index (χ4v) is 3.22. The Morgan fingerprint density at radius 2 is 1.70 bits per heavy atom. The van der Waals surface area contributed by atoms with Crippen LogP contribution in [0.5, 0.6) is 0 Å². The topological polar surface area (TPSA) is 58.0 Å². The molecule has 7 heteroatoms. The van der Waals surface area contributed by atoms with Crippen molar-refractivity contribution in [2.24, 2.45) is 0 Å². The predicted molar refractivity (Wildman–Crippen MR) is 92.4 cm³/mol. The quantitative estimate of drug-likeness (QED) is 0.805. The number of rotatable bonds is 3. The molecule has 0 saturated carbocycles. The van der Waals surface area contributed by atoms with Crippen LogP contribution in [0.25, 0.3) is 0 Å². The van der Waals surface area contributed by atoms with E-state index in [0.29, 0.717) is 5.15 Å². The Labute approximate surface area is 141 Å². The van der Waals surface area contributed by atoms with Crippen LogP contribution in [0.15, 0.2) is 12.3 Å². The van der Waals surface area contributed by atoms with Crippen LogP contribution < -0.4 is 9.80 Å². The first-order valence-corrected chi connectivity index (χ1v) is 8.29. The van der Waals surface area contributed by atoms with Gasteiger partial charge in [0.1, 0.15) is 28.4 Å². The minimum absolute atomic E-state index is 0.573. The molecule has 0 spiro atoms. The molecular weight excluding hydrogens is 312 g/mol. The molecule has 1 aliphatic heterocycles. The molecule has 23 heavy (non-hydrogen) atoms. The maximum Gasteiger partial charge on any atom is 0.138 e. The molecule has 1 saturated heterocycles. The first-order chi connectivity index (χ1) is 11.1. The maximum atomic E-state index is 6.29. The smallest absolute Gasteiger partial charge is 0.138 e. The second-order valence-electron chi connectivity index (χ2n) is 5.65. The minimum atomic E-state index is 0.573. The highest BCUT2D eigenvalue weighted by atomic mass is 35.5. The van der Waals surface area contributed by atoms with E-state index in [2.05, 4.69) is 36.7 Å². The number of aryl methyl sites for hydroxylation is 2. The number of hydrogen-bond acceptors (Lipinski definition) is 6. The highest BCUT2D eigenvalue weighted by Crippen LogP contribution is 2.26. The summed E-state index contributed by atoms with van der Waals surface area (Å²) >= 11 is 6.29. The van der Waals surface area contributed by atoms with E-state index in [1.54, 1.807) is 0 Å². The number of aromatic nitrogens is 4. The first-order valence-electron chi connectivity index (χ1n) is 7.91. The van der Waals surface area contributed by atoms with Gasteiger partial charge in [0.15, 0.2) is 0 Å². The van der Waals surface area contributed by atoms with E-state index in [1.165, 1.54) is 0 Å². The largest absolute Gasteiger partial charge is 0.353 e. The van der Waals surface area contributed by atoms with Gasteiger partial charge in [-0.05, 0) is 26.3 Å². The van der Waals surface area contributed by atoms with Crippen molar-refractivity contribution in [2.45, 2.75) is 27.2 Å². The van der Waals surface area contributed by atoms with Gasteiger partial charge in [-0.3, -0.25) is 0 Å². The van der Waals surface area contributed by atoms with Crippen LogP contribution in [0.1, 0.15) is 24.1 Å². The summed E-state index contributed by atoms with van der Waals surface area (Å²) < 4.78 is 0. The number of piperazine rings is 1. The number of anilines is 2. The molecule has 1 aliphatic rings. The van der Waals surface area contributed by atoms with Gasteiger partial charge in [-0.15, -0.1) is 0 Å². The van der Waals surface area contributed by atoms with Crippen molar-refractivity contribution in [3.8, 4) is 0 Å². The summed E-state index contributed by atoms with van der Waals surface area (Å²) in [7, 11) is 0. The lowest BCUT2D eigenvalue weighted by molar-refractivity contribution is 0.635. The van der Waals surface area contributed by atoms with Crippen molar-refractivity contribution < 1.29 is 0 Å². The normalized spacial score (nSPS) is 15.1.